The number of benzene rings is 1. The maximum atomic E-state index is 12.4. The van der Waals surface area contributed by atoms with Crippen LogP contribution in [-0.4, -0.2) is 28.5 Å². The van der Waals surface area contributed by atoms with E-state index in [0.29, 0.717) is 28.8 Å². The zero-order valence-corrected chi connectivity index (χ0v) is 14.6. The number of carbonyl (C=O) groups excluding carboxylic acids is 2. The number of ether oxygens (including phenoxy) is 1. The highest BCUT2D eigenvalue weighted by atomic mass is 16.5. The highest BCUT2D eigenvalue weighted by Crippen LogP contribution is 2.18. The first-order valence-corrected chi connectivity index (χ1v) is 8.20. The van der Waals surface area contributed by atoms with Crippen LogP contribution in [0.25, 0.3) is 0 Å². The number of amides is 2. The second kappa shape index (κ2) is 8.65. The molecule has 0 aliphatic heterocycles. The Bertz CT molecular complexity index is 904. The number of hydrogen-bond acceptors (Lipinski definition) is 7. The topological polar surface area (TPSA) is 119 Å². The highest BCUT2D eigenvalue weighted by Gasteiger charge is 2.14. The van der Waals surface area contributed by atoms with Crippen molar-refractivity contribution in [3.05, 3.63) is 65.7 Å². The van der Waals surface area contributed by atoms with E-state index in [2.05, 4.69) is 20.8 Å². The molecule has 9 heteroatoms. The van der Waals surface area contributed by atoms with E-state index in [1.165, 1.54) is 6.26 Å². The summed E-state index contributed by atoms with van der Waals surface area (Å²) in [7, 11) is 0. The number of furan rings is 1. The van der Waals surface area contributed by atoms with Crippen LogP contribution in [0.1, 0.15) is 27.8 Å². The minimum Gasteiger partial charge on any atom is -0.485 e. The number of nitrogens with one attached hydrogen (secondary N) is 2. The van der Waals surface area contributed by atoms with Crippen LogP contribution in [0.3, 0.4) is 0 Å². The zero-order valence-electron chi connectivity index (χ0n) is 14.6. The van der Waals surface area contributed by atoms with E-state index in [0.717, 1.165) is 0 Å². The van der Waals surface area contributed by atoms with Crippen molar-refractivity contribution in [1.82, 2.24) is 20.8 Å². The SMILES string of the molecule is Cc1nc(COc2ccccc2C(=O)NCC(=O)NCc2ccco2)no1. The summed E-state index contributed by atoms with van der Waals surface area (Å²) in [4.78, 5) is 28.3. The number of hydrogen-bond donors (Lipinski definition) is 2. The summed E-state index contributed by atoms with van der Waals surface area (Å²) in [6.07, 6.45) is 1.52. The first kappa shape index (κ1) is 18.2. The summed E-state index contributed by atoms with van der Waals surface area (Å²) >= 11 is 0. The Kier molecular flexibility index (Phi) is 5.83. The molecule has 0 radical (unpaired) electrons. The normalized spacial score (nSPS) is 10.4. The largest absolute Gasteiger partial charge is 0.485 e. The van der Waals surface area contributed by atoms with Crippen molar-refractivity contribution >= 4 is 11.8 Å². The van der Waals surface area contributed by atoms with Gasteiger partial charge in [0.1, 0.15) is 11.5 Å². The van der Waals surface area contributed by atoms with Crippen LogP contribution < -0.4 is 15.4 Å². The van der Waals surface area contributed by atoms with Crippen molar-refractivity contribution in [2.24, 2.45) is 0 Å². The van der Waals surface area contributed by atoms with Gasteiger partial charge in [0.05, 0.1) is 24.9 Å². The minimum atomic E-state index is -0.428. The second-order valence-corrected chi connectivity index (χ2v) is 5.55. The molecule has 2 aromatic heterocycles. The van der Waals surface area contributed by atoms with Gasteiger partial charge in [-0.3, -0.25) is 9.59 Å². The molecule has 27 heavy (non-hydrogen) atoms. The lowest BCUT2D eigenvalue weighted by Crippen LogP contribution is -2.36. The molecule has 3 rings (SSSR count). The van der Waals surface area contributed by atoms with Crippen molar-refractivity contribution in [2.75, 3.05) is 6.54 Å². The van der Waals surface area contributed by atoms with Crippen LogP contribution in [0, 0.1) is 6.92 Å². The molecule has 2 amide bonds. The lowest BCUT2D eigenvalue weighted by atomic mass is 10.2. The summed E-state index contributed by atoms with van der Waals surface area (Å²) < 4.78 is 15.6. The third-order valence-corrected chi connectivity index (χ3v) is 3.51. The van der Waals surface area contributed by atoms with Crippen molar-refractivity contribution in [3.63, 3.8) is 0 Å². The molecule has 2 heterocycles. The summed E-state index contributed by atoms with van der Waals surface area (Å²) in [6, 6.07) is 10.2. The fraction of sp³-hybridized carbons (Fsp3) is 0.222. The summed E-state index contributed by atoms with van der Waals surface area (Å²) in [6.45, 7) is 1.82. The van der Waals surface area contributed by atoms with Gasteiger partial charge in [-0.05, 0) is 24.3 Å². The molecule has 0 saturated carbocycles. The van der Waals surface area contributed by atoms with E-state index in [4.69, 9.17) is 13.7 Å². The van der Waals surface area contributed by atoms with Crippen molar-refractivity contribution in [3.8, 4) is 5.75 Å². The predicted molar refractivity (Wildman–Crippen MR) is 92.7 cm³/mol. The molecule has 0 aliphatic rings. The first-order chi connectivity index (χ1) is 13.1. The van der Waals surface area contributed by atoms with Gasteiger partial charge in [-0.25, -0.2) is 0 Å². The predicted octanol–water partition coefficient (Wildman–Crippen LogP) is 1.60. The Labute approximate surface area is 154 Å². The summed E-state index contributed by atoms with van der Waals surface area (Å²) in [5.74, 6) is 1.03. The third-order valence-electron chi connectivity index (χ3n) is 3.51. The number of aromatic nitrogens is 2. The average molecular weight is 370 g/mol. The maximum Gasteiger partial charge on any atom is 0.255 e. The average Bonchev–Trinajstić information content (AvgIpc) is 3.34. The zero-order chi connectivity index (χ0) is 19.1. The molecule has 0 atom stereocenters. The van der Waals surface area contributed by atoms with E-state index in [9.17, 15) is 9.59 Å². The molecule has 3 aromatic rings. The Morgan fingerprint density at radius 1 is 1.15 bits per heavy atom. The summed E-state index contributed by atoms with van der Waals surface area (Å²) in [5.41, 5.74) is 0.302. The molecule has 0 bridgehead atoms. The van der Waals surface area contributed by atoms with Crippen LogP contribution in [0.15, 0.2) is 51.6 Å². The molecule has 1 aromatic carbocycles. The van der Waals surface area contributed by atoms with Crippen LogP contribution in [0.2, 0.25) is 0 Å². The number of para-hydroxylation sites is 1. The van der Waals surface area contributed by atoms with E-state index in [-0.39, 0.29) is 25.6 Å². The van der Waals surface area contributed by atoms with E-state index in [1.807, 2.05) is 0 Å². The number of rotatable bonds is 8. The van der Waals surface area contributed by atoms with Crippen LogP contribution in [-0.2, 0) is 17.9 Å². The van der Waals surface area contributed by atoms with E-state index < -0.39 is 5.91 Å². The lowest BCUT2D eigenvalue weighted by Gasteiger charge is -2.10. The van der Waals surface area contributed by atoms with E-state index >= 15 is 0 Å². The van der Waals surface area contributed by atoms with Gasteiger partial charge in [0, 0.05) is 6.92 Å². The second-order valence-electron chi connectivity index (χ2n) is 5.55. The fourth-order valence-corrected chi connectivity index (χ4v) is 2.24. The smallest absolute Gasteiger partial charge is 0.255 e. The molecule has 140 valence electrons. The number of carbonyl (C=O) groups is 2. The Morgan fingerprint density at radius 2 is 2.00 bits per heavy atom. The molecule has 0 spiro atoms. The molecular weight excluding hydrogens is 352 g/mol. The van der Waals surface area contributed by atoms with Gasteiger partial charge in [0.15, 0.2) is 6.61 Å². The Hall–Kier alpha value is -3.62. The molecule has 0 saturated heterocycles. The van der Waals surface area contributed by atoms with Gasteiger partial charge in [-0.2, -0.15) is 4.98 Å². The van der Waals surface area contributed by atoms with Crippen LogP contribution >= 0.6 is 0 Å². The molecular formula is C18H18N4O5. The Balaban J connectivity index is 1.52. The standard InChI is InChI=1S/C18H18N4O5/c1-12-21-16(22-27-12)11-26-15-7-3-2-6-14(15)18(24)20-10-17(23)19-9-13-5-4-8-25-13/h2-8H,9-11H2,1H3,(H,19,23)(H,20,24). The molecule has 2 N–H and O–H groups in total. The van der Waals surface area contributed by atoms with Gasteiger partial charge in [0.2, 0.25) is 17.6 Å². The van der Waals surface area contributed by atoms with Crippen LogP contribution in [0.5, 0.6) is 5.75 Å². The third kappa shape index (κ3) is 5.18. The van der Waals surface area contributed by atoms with E-state index in [1.54, 1.807) is 43.3 Å². The summed E-state index contributed by atoms with van der Waals surface area (Å²) in [5, 5.41) is 8.94. The highest BCUT2D eigenvalue weighted by molar-refractivity contribution is 5.98. The van der Waals surface area contributed by atoms with Crippen molar-refractivity contribution in [1.29, 1.82) is 0 Å². The van der Waals surface area contributed by atoms with Crippen molar-refractivity contribution < 1.29 is 23.3 Å². The fourth-order valence-electron chi connectivity index (χ4n) is 2.24. The van der Waals surface area contributed by atoms with Crippen molar-refractivity contribution in [2.45, 2.75) is 20.1 Å². The Morgan fingerprint density at radius 3 is 2.74 bits per heavy atom. The van der Waals surface area contributed by atoms with Gasteiger partial charge in [-0.15, -0.1) is 0 Å². The molecule has 0 aliphatic carbocycles. The van der Waals surface area contributed by atoms with Gasteiger partial charge in [0.25, 0.3) is 5.91 Å². The molecule has 9 nitrogen and oxygen atoms in total. The number of nitrogens with zero attached hydrogens (tertiary/aromatic N) is 2. The van der Waals surface area contributed by atoms with Gasteiger partial charge >= 0.3 is 0 Å². The van der Waals surface area contributed by atoms with Gasteiger partial charge in [-0.1, -0.05) is 17.3 Å². The number of aryl methyl sites for hydroxylation is 1. The van der Waals surface area contributed by atoms with Gasteiger partial charge < -0.3 is 24.3 Å². The maximum absolute atomic E-state index is 12.4. The van der Waals surface area contributed by atoms with Crippen LogP contribution in [0.4, 0.5) is 0 Å². The lowest BCUT2D eigenvalue weighted by molar-refractivity contribution is -0.120. The quantitative estimate of drug-likeness (QED) is 0.618. The first-order valence-electron chi connectivity index (χ1n) is 8.20. The minimum absolute atomic E-state index is 0.0608. The molecule has 0 unspecified atom stereocenters. The molecule has 0 fully saturated rings. The monoisotopic (exact) mass is 370 g/mol.